The first-order chi connectivity index (χ1) is 11.5. The van der Waals surface area contributed by atoms with E-state index in [-0.39, 0.29) is 11.6 Å². The van der Waals surface area contributed by atoms with Gasteiger partial charge in [-0.1, -0.05) is 6.07 Å². The number of carbonyl (C=O) groups excluding carboxylic acids is 1. The molecule has 24 heavy (non-hydrogen) atoms. The third kappa shape index (κ3) is 2.99. The van der Waals surface area contributed by atoms with Gasteiger partial charge in [0, 0.05) is 19.3 Å². The molecule has 0 bridgehead atoms. The van der Waals surface area contributed by atoms with Crippen molar-refractivity contribution in [3.8, 4) is 0 Å². The van der Waals surface area contributed by atoms with Gasteiger partial charge in [0.1, 0.15) is 17.2 Å². The summed E-state index contributed by atoms with van der Waals surface area (Å²) < 4.78 is 29.0. The van der Waals surface area contributed by atoms with Gasteiger partial charge in [-0.3, -0.25) is 9.48 Å². The van der Waals surface area contributed by atoms with Gasteiger partial charge >= 0.3 is 5.97 Å². The van der Waals surface area contributed by atoms with E-state index in [4.69, 9.17) is 5.11 Å². The minimum absolute atomic E-state index is 0.0485. The van der Waals surface area contributed by atoms with Crippen molar-refractivity contribution in [1.82, 2.24) is 14.7 Å². The van der Waals surface area contributed by atoms with Crippen LogP contribution in [0, 0.1) is 11.6 Å². The van der Waals surface area contributed by atoms with E-state index < -0.39 is 29.1 Å². The lowest BCUT2D eigenvalue weighted by molar-refractivity contribution is 0.0679. The summed E-state index contributed by atoms with van der Waals surface area (Å²) in [6, 6.07) is 3.28. The van der Waals surface area contributed by atoms with E-state index in [1.165, 1.54) is 23.4 Å². The fourth-order valence-electron chi connectivity index (χ4n) is 2.84. The van der Waals surface area contributed by atoms with Gasteiger partial charge in [-0.25, -0.2) is 13.6 Å². The number of aromatic nitrogens is 2. The summed E-state index contributed by atoms with van der Waals surface area (Å²) in [6.07, 6.45) is 3.78. The number of carboxylic acid groups (broad SMARTS) is 1. The first-order valence-electron chi connectivity index (χ1n) is 7.48. The Kier molecular flexibility index (Phi) is 4.28. The molecular formula is C16H15F2N3O3. The predicted octanol–water partition coefficient (Wildman–Crippen LogP) is 2.34. The van der Waals surface area contributed by atoms with Gasteiger partial charge in [0.15, 0.2) is 0 Å². The quantitative estimate of drug-likeness (QED) is 0.934. The summed E-state index contributed by atoms with van der Waals surface area (Å²) in [7, 11) is 0. The van der Waals surface area contributed by atoms with E-state index in [1.807, 2.05) is 0 Å². The third-order valence-electron chi connectivity index (χ3n) is 4.15. The molecule has 0 aliphatic carbocycles. The molecule has 1 amide bonds. The molecule has 1 aromatic carbocycles. The number of nitrogens with zero attached hydrogens (tertiary/aromatic N) is 3. The van der Waals surface area contributed by atoms with E-state index in [1.54, 1.807) is 4.68 Å². The van der Waals surface area contributed by atoms with Crippen molar-refractivity contribution in [2.75, 3.05) is 13.1 Å². The van der Waals surface area contributed by atoms with E-state index in [0.29, 0.717) is 25.9 Å². The number of carbonyl (C=O) groups is 2. The minimum Gasteiger partial charge on any atom is -0.478 e. The third-order valence-corrected chi connectivity index (χ3v) is 4.15. The van der Waals surface area contributed by atoms with Crippen molar-refractivity contribution in [2.24, 2.45) is 0 Å². The highest BCUT2D eigenvalue weighted by molar-refractivity contribution is 5.94. The predicted molar refractivity (Wildman–Crippen MR) is 79.7 cm³/mol. The molecule has 126 valence electrons. The van der Waals surface area contributed by atoms with Gasteiger partial charge < -0.3 is 10.0 Å². The highest BCUT2D eigenvalue weighted by atomic mass is 19.1. The van der Waals surface area contributed by atoms with Gasteiger partial charge in [0.05, 0.1) is 17.8 Å². The van der Waals surface area contributed by atoms with Gasteiger partial charge in [-0.05, 0) is 25.0 Å². The average Bonchev–Trinajstić information content (AvgIpc) is 3.05. The fraction of sp³-hybridized carbons (Fsp3) is 0.312. The standard InChI is InChI=1S/C16H15F2N3O3/c17-12-2-1-3-13(18)14(12)15(22)20-6-4-11(5-7-20)21-9-10(8-19-21)16(23)24/h1-3,8-9,11H,4-7H2,(H,23,24). The van der Waals surface area contributed by atoms with Crippen molar-refractivity contribution >= 4 is 11.9 Å². The number of aromatic carboxylic acids is 1. The first-order valence-corrected chi connectivity index (χ1v) is 7.48. The normalized spacial score (nSPS) is 15.5. The van der Waals surface area contributed by atoms with Crippen LogP contribution in [-0.2, 0) is 0 Å². The van der Waals surface area contributed by atoms with Crippen molar-refractivity contribution in [3.63, 3.8) is 0 Å². The molecule has 0 unspecified atom stereocenters. The summed E-state index contributed by atoms with van der Waals surface area (Å²) in [5, 5.41) is 12.9. The van der Waals surface area contributed by atoms with Crippen LogP contribution in [0.25, 0.3) is 0 Å². The molecule has 3 rings (SSSR count). The molecule has 0 atom stereocenters. The number of benzene rings is 1. The Morgan fingerprint density at radius 3 is 2.33 bits per heavy atom. The Hall–Kier alpha value is -2.77. The Morgan fingerprint density at radius 1 is 1.17 bits per heavy atom. The topological polar surface area (TPSA) is 75.4 Å². The van der Waals surface area contributed by atoms with Crippen LogP contribution in [0.4, 0.5) is 8.78 Å². The van der Waals surface area contributed by atoms with Gasteiger partial charge in [0.2, 0.25) is 0 Å². The summed E-state index contributed by atoms with van der Waals surface area (Å²) in [4.78, 5) is 24.6. The summed E-state index contributed by atoms with van der Waals surface area (Å²) in [5.41, 5.74) is -0.440. The summed E-state index contributed by atoms with van der Waals surface area (Å²) in [6.45, 7) is 0.638. The van der Waals surface area contributed by atoms with Crippen LogP contribution in [0.15, 0.2) is 30.6 Å². The van der Waals surface area contributed by atoms with Crippen LogP contribution in [0.5, 0.6) is 0 Å². The van der Waals surface area contributed by atoms with E-state index in [0.717, 1.165) is 12.1 Å². The number of amides is 1. The van der Waals surface area contributed by atoms with Crippen LogP contribution in [0.2, 0.25) is 0 Å². The Labute approximate surface area is 136 Å². The van der Waals surface area contributed by atoms with E-state index in [9.17, 15) is 18.4 Å². The zero-order chi connectivity index (χ0) is 17.3. The number of piperidine rings is 1. The number of hydrogen-bond acceptors (Lipinski definition) is 3. The second-order valence-corrected chi connectivity index (χ2v) is 5.63. The lowest BCUT2D eigenvalue weighted by Gasteiger charge is -2.32. The highest BCUT2D eigenvalue weighted by Gasteiger charge is 2.28. The molecule has 1 N–H and O–H groups in total. The largest absolute Gasteiger partial charge is 0.478 e. The SMILES string of the molecule is O=C(O)c1cnn(C2CCN(C(=O)c3c(F)cccc3F)CC2)c1. The van der Waals surface area contributed by atoms with Crippen LogP contribution in [0.3, 0.4) is 0 Å². The molecule has 0 spiro atoms. The number of rotatable bonds is 3. The van der Waals surface area contributed by atoms with Gasteiger partial charge in [-0.2, -0.15) is 5.10 Å². The minimum atomic E-state index is -1.05. The first kappa shape index (κ1) is 16.1. The Bertz CT molecular complexity index is 762. The molecule has 6 nitrogen and oxygen atoms in total. The van der Waals surface area contributed by atoms with Crippen molar-refractivity contribution in [1.29, 1.82) is 0 Å². The zero-order valence-corrected chi connectivity index (χ0v) is 12.7. The molecule has 1 fully saturated rings. The molecule has 0 saturated carbocycles. The maximum absolute atomic E-state index is 13.7. The maximum atomic E-state index is 13.7. The maximum Gasteiger partial charge on any atom is 0.338 e. The smallest absolute Gasteiger partial charge is 0.338 e. The fourth-order valence-corrected chi connectivity index (χ4v) is 2.84. The lowest BCUT2D eigenvalue weighted by atomic mass is 10.0. The number of carboxylic acids is 1. The Morgan fingerprint density at radius 2 is 1.79 bits per heavy atom. The van der Waals surface area contributed by atoms with Gasteiger partial charge in [-0.15, -0.1) is 0 Å². The molecule has 1 aromatic heterocycles. The van der Waals surface area contributed by atoms with E-state index in [2.05, 4.69) is 5.10 Å². The monoisotopic (exact) mass is 335 g/mol. The van der Waals surface area contributed by atoms with E-state index >= 15 is 0 Å². The molecule has 2 aromatic rings. The van der Waals surface area contributed by atoms with Crippen molar-refractivity contribution in [3.05, 3.63) is 53.4 Å². The van der Waals surface area contributed by atoms with Crippen LogP contribution < -0.4 is 0 Å². The molecule has 1 aliphatic heterocycles. The molecule has 1 saturated heterocycles. The molecule has 0 radical (unpaired) electrons. The van der Waals surface area contributed by atoms with Crippen molar-refractivity contribution in [2.45, 2.75) is 18.9 Å². The second kappa shape index (κ2) is 6.38. The molecule has 8 heteroatoms. The lowest BCUT2D eigenvalue weighted by Crippen LogP contribution is -2.39. The van der Waals surface area contributed by atoms with Crippen molar-refractivity contribution < 1.29 is 23.5 Å². The average molecular weight is 335 g/mol. The number of halogens is 2. The molecule has 2 heterocycles. The number of likely N-dealkylation sites (tertiary alicyclic amines) is 1. The highest BCUT2D eigenvalue weighted by Crippen LogP contribution is 2.24. The number of hydrogen-bond donors (Lipinski definition) is 1. The zero-order valence-electron chi connectivity index (χ0n) is 12.7. The molecular weight excluding hydrogens is 320 g/mol. The Balaban J connectivity index is 1.68. The van der Waals surface area contributed by atoms with Crippen LogP contribution >= 0.6 is 0 Å². The molecule has 1 aliphatic rings. The summed E-state index contributed by atoms with van der Waals surface area (Å²) in [5.74, 6) is -3.47. The van der Waals surface area contributed by atoms with Gasteiger partial charge in [0.25, 0.3) is 5.91 Å². The van der Waals surface area contributed by atoms with Crippen LogP contribution in [-0.4, -0.2) is 44.8 Å². The van der Waals surface area contributed by atoms with Crippen LogP contribution in [0.1, 0.15) is 39.6 Å². The summed E-state index contributed by atoms with van der Waals surface area (Å²) >= 11 is 0. The second-order valence-electron chi connectivity index (χ2n) is 5.63.